The number of hydrogen-bond acceptors (Lipinski definition) is 21. The van der Waals surface area contributed by atoms with Crippen LogP contribution in [-0.4, -0.2) is 153 Å². The normalized spacial score (nSPS) is 15.0. The Morgan fingerprint density at radius 1 is 0.399 bits per heavy atom. The van der Waals surface area contributed by atoms with Gasteiger partial charge >= 0.3 is 0 Å². The first-order valence-electron chi connectivity index (χ1n) is 42.6. The number of nitrogens with zero attached hydrogens (tertiary/aromatic N) is 18. The van der Waals surface area contributed by atoms with Crippen LogP contribution in [0.4, 0.5) is 42.9 Å². The number of rotatable bonds is 15. The van der Waals surface area contributed by atoms with Gasteiger partial charge in [-0.15, -0.1) is 0 Å². The molecule has 138 heavy (non-hydrogen) atoms. The topological polar surface area (TPSA) is 363 Å². The van der Waals surface area contributed by atoms with Crippen molar-refractivity contribution in [3.63, 3.8) is 0 Å². The minimum Gasteiger partial charge on any atom is -0.397 e. The van der Waals surface area contributed by atoms with Gasteiger partial charge in [0.05, 0.1) is 162 Å². The molecule has 6 N–H and O–H groups in total. The third-order valence-electron chi connectivity index (χ3n) is 24.2. The fourth-order valence-corrected chi connectivity index (χ4v) is 20.5. The molecule has 0 saturated carbocycles. The highest BCUT2D eigenvalue weighted by molar-refractivity contribution is 6.55. The lowest BCUT2D eigenvalue weighted by molar-refractivity contribution is -0.129. The van der Waals surface area contributed by atoms with E-state index in [9.17, 15) is 44.6 Å². The Morgan fingerprint density at radius 3 is 0.891 bits per heavy atom. The van der Waals surface area contributed by atoms with Crippen LogP contribution < -0.4 is 48.6 Å². The molecule has 12 aromatic rings. The number of nitriles is 3. The second-order valence-corrected chi connectivity index (χ2v) is 38.8. The average molecular weight is 2130 g/mol. The summed E-state index contributed by atoms with van der Waals surface area (Å²) < 4.78 is 35.5. The van der Waals surface area contributed by atoms with E-state index in [4.69, 9.17) is 183 Å². The smallest absolute Gasteiger partial charge is 0.276 e. The summed E-state index contributed by atoms with van der Waals surface area (Å²) in [7, 11) is 0. The summed E-state index contributed by atoms with van der Waals surface area (Å²) in [6.07, 6.45) is 8.70. The summed E-state index contributed by atoms with van der Waals surface area (Å²) in [6, 6.07) is 15.4. The van der Waals surface area contributed by atoms with Gasteiger partial charge in [-0.3, -0.25) is 57.4 Å². The van der Waals surface area contributed by atoms with Gasteiger partial charge in [-0.2, -0.15) is 15.8 Å². The SMILES string of the molecule is C=CC(=O)N1CCN(c2c(C#N)c(=O)n(-c3c(C)ccnc3C(C)C)c3nc(-c4c(N)c(Cl)c(Cl)c(Cl)c4Cl)c(Cl)cc23)C[C@H]1C.C=CC(=O)N1CCN(c2c(C#N)c(=O)n(-c3c(C)ccnc3C(C)C)c3nc(-c4c(N)c(Cl)c(Cl)c(Cl)c4F)c(Cl)cc23)C[C@H]1C.C=CC(=O)N1CCN(c2c(C#N)c(=O)n(-c3c(C)ccnc3C(C)C)c3nc(-c4c(N)c(Cl)c(Cl)c(Cl)c4F)c(Cl)cc23)C[C@H]1C. The lowest BCUT2D eigenvalue weighted by Crippen LogP contribution is -2.54. The molecule has 3 fully saturated rings. The van der Waals surface area contributed by atoms with Gasteiger partial charge in [-0.05, 0) is 131 Å². The molecule has 15 rings (SSSR count). The van der Waals surface area contributed by atoms with Gasteiger partial charge in [0.15, 0.2) is 11.6 Å². The van der Waals surface area contributed by atoms with E-state index in [1.807, 2.05) is 97.8 Å². The summed E-state index contributed by atoms with van der Waals surface area (Å²) in [5.74, 6) is -3.01. The summed E-state index contributed by atoms with van der Waals surface area (Å²) >= 11 is 83.5. The van der Waals surface area contributed by atoms with E-state index in [0.29, 0.717) is 126 Å². The van der Waals surface area contributed by atoms with Crippen LogP contribution in [-0.2, 0) is 14.4 Å². The standard InChI is InChI=1S/C32H28Cl5N7O2.2C32H28Cl4FN7O2/c1-6-20(45)43-10-9-42(13-16(43)5)30-17-11-19(33)28(21-22(34)23(35)24(36)25(37)26(21)39)41-31(17)44(32(46)18(30)12-38)29-15(4)7-8-40-27(29)14(2)3;2*1-6-20(45)43-10-9-42(13-16(43)5)30-17-11-19(33)28(21-25(37)23(35)22(34)24(36)26(21)39)41-31(17)44(32(46)18(30)12-38)29-15(4)7-8-40-27(29)14(2)3/h3*6-8,11,14,16H,1,9-10,13,39H2,2-5H3/t3*16-/m111/s1. The first kappa shape index (κ1) is 104. The largest absolute Gasteiger partial charge is 0.397 e. The Labute approximate surface area is 856 Å². The predicted octanol–water partition coefficient (Wildman–Crippen LogP) is 22.4. The van der Waals surface area contributed by atoms with Crippen LogP contribution in [0.3, 0.4) is 0 Å². The van der Waals surface area contributed by atoms with Crippen LogP contribution in [0, 0.1) is 66.4 Å². The Balaban J connectivity index is 0.000000175. The monoisotopic (exact) mass is 2120 g/mol. The number of benzene rings is 3. The molecule has 0 spiro atoms. The van der Waals surface area contributed by atoms with Gasteiger partial charge < -0.3 is 46.6 Å². The number of nitrogen functional groups attached to an aromatic ring is 3. The van der Waals surface area contributed by atoms with Crippen molar-refractivity contribution >= 4 is 236 Å². The highest BCUT2D eigenvalue weighted by atomic mass is 35.5. The van der Waals surface area contributed by atoms with E-state index in [1.165, 1.54) is 44.1 Å². The molecule has 12 heterocycles. The van der Waals surface area contributed by atoms with Crippen molar-refractivity contribution in [2.24, 2.45) is 0 Å². The number of fused-ring (bicyclic) bond motifs is 3. The van der Waals surface area contributed by atoms with Gasteiger partial charge in [0.25, 0.3) is 16.7 Å². The second kappa shape index (κ2) is 41.6. The maximum Gasteiger partial charge on any atom is 0.276 e. The van der Waals surface area contributed by atoms with Crippen molar-refractivity contribution in [1.82, 2.24) is 58.3 Å². The molecular formula is C96H84Cl13F2N21O6. The van der Waals surface area contributed by atoms with Crippen LogP contribution >= 0.6 is 151 Å². The van der Waals surface area contributed by atoms with Crippen LogP contribution in [0.5, 0.6) is 0 Å². The molecule has 42 heteroatoms. The van der Waals surface area contributed by atoms with Crippen LogP contribution in [0.15, 0.2) is 107 Å². The molecule has 3 aromatic carbocycles. The van der Waals surface area contributed by atoms with Gasteiger partial charge in [0.1, 0.15) is 51.8 Å². The summed E-state index contributed by atoms with van der Waals surface area (Å²) in [5, 5.41) is 30.5. The molecule has 3 aliphatic heterocycles. The number of piperazine rings is 3. The zero-order valence-electron chi connectivity index (χ0n) is 75.8. The quantitative estimate of drug-likeness (QED) is 0.0371. The molecule has 3 saturated heterocycles. The number of nitrogens with two attached hydrogens (primary N) is 3. The fourth-order valence-electron chi connectivity index (χ4n) is 17.6. The maximum atomic E-state index is 15.7. The van der Waals surface area contributed by atoms with Crippen LogP contribution in [0.1, 0.15) is 131 Å². The number of halogens is 15. The Kier molecular flexibility index (Phi) is 31.4. The highest BCUT2D eigenvalue weighted by Gasteiger charge is 2.40. The van der Waals surface area contributed by atoms with Crippen LogP contribution in [0.2, 0.25) is 65.3 Å². The molecule has 0 aliphatic carbocycles. The van der Waals surface area contributed by atoms with Crippen LogP contribution in [0.25, 0.3) is 83.9 Å². The summed E-state index contributed by atoms with van der Waals surface area (Å²) in [4.78, 5) is 120. The molecule has 0 radical (unpaired) electrons. The Bertz CT molecular complexity index is 6780. The molecule has 0 unspecified atom stereocenters. The first-order chi connectivity index (χ1) is 65.2. The summed E-state index contributed by atoms with van der Waals surface area (Å²) in [6.45, 7) is 36.3. The first-order valence-corrected chi connectivity index (χ1v) is 47.5. The van der Waals surface area contributed by atoms with Gasteiger partial charge in [0.2, 0.25) is 17.7 Å². The fraction of sp³-hybridized carbons (Fsp3) is 0.281. The molecule has 3 amide bonds. The zero-order valence-corrected chi connectivity index (χ0v) is 85.6. The van der Waals surface area contributed by atoms with E-state index in [-0.39, 0.29) is 205 Å². The lowest BCUT2D eigenvalue weighted by Gasteiger charge is -2.41. The molecule has 9 aromatic heterocycles. The average Bonchev–Trinajstić information content (AvgIpc) is 0.726. The number of anilines is 6. The van der Waals surface area contributed by atoms with E-state index >= 15 is 8.78 Å². The van der Waals surface area contributed by atoms with Crippen molar-refractivity contribution in [2.45, 2.75) is 119 Å². The Morgan fingerprint density at radius 2 is 0.645 bits per heavy atom. The van der Waals surface area contributed by atoms with Crippen molar-refractivity contribution in [1.29, 1.82) is 15.8 Å². The third-order valence-corrected chi connectivity index (χ3v) is 29.5. The van der Waals surface area contributed by atoms with Crippen molar-refractivity contribution in [3.8, 4) is 69.0 Å². The van der Waals surface area contributed by atoms with E-state index in [2.05, 4.69) is 52.9 Å². The molecule has 714 valence electrons. The van der Waals surface area contributed by atoms with Gasteiger partial charge in [-0.1, -0.05) is 212 Å². The molecular weight excluding hydrogens is 2040 g/mol. The van der Waals surface area contributed by atoms with E-state index in [0.717, 1.165) is 5.56 Å². The molecule has 0 bridgehead atoms. The number of hydrogen-bond donors (Lipinski definition) is 3. The second-order valence-electron chi connectivity index (χ2n) is 33.8. The number of carbonyl (C=O) groups is 3. The predicted molar refractivity (Wildman–Crippen MR) is 551 cm³/mol. The number of aryl methyl sites for hydroxylation is 3. The highest BCUT2D eigenvalue weighted by Crippen LogP contribution is 2.53. The number of aromatic nitrogens is 9. The van der Waals surface area contributed by atoms with Gasteiger partial charge in [-0.25, -0.2) is 23.7 Å². The lowest BCUT2D eigenvalue weighted by atomic mass is 10.0. The number of carbonyl (C=O) groups excluding carboxylic acids is 3. The number of pyridine rings is 9. The maximum absolute atomic E-state index is 15.7. The molecule has 3 aliphatic rings. The van der Waals surface area contributed by atoms with E-state index in [1.54, 1.807) is 57.6 Å². The van der Waals surface area contributed by atoms with Crippen molar-refractivity contribution < 1.29 is 23.2 Å². The summed E-state index contributed by atoms with van der Waals surface area (Å²) in [5.41, 5.74) is 21.8. The zero-order chi connectivity index (χ0) is 101. The minimum absolute atomic E-state index is 0.00478. The van der Waals surface area contributed by atoms with Crippen molar-refractivity contribution in [2.75, 3.05) is 90.8 Å². The minimum atomic E-state index is -0.998. The third kappa shape index (κ3) is 18.4. The van der Waals surface area contributed by atoms with Crippen molar-refractivity contribution in [3.05, 3.63) is 251 Å². The number of amides is 3. The Hall–Kier alpha value is -11.3. The molecule has 27 nitrogen and oxygen atoms in total. The molecule has 3 atom stereocenters. The van der Waals surface area contributed by atoms with E-state index < -0.39 is 38.4 Å². The van der Waals surface area contributed by atoms with Gasteiger partial charge in [0, 0.05) is 117 Å².